The smallest absolute Gasteiger partial charge is 0.185 e. The molecule has 6 heteroatoms. The highest BCUT2D eigenvalue weighted by atomic mass is 28.4. The Kier molecular flexibility index (Phi) is 7.10. The molecule has 0 amide bonds. The highest BCUT2D eigenvalue weighted by Gasteiger charge is 2.67. The quantitative estimate of drug-likeness (QED) is 0.209. The van der Waals surface area contributed by atoms with Crippen LogP contribution in [0.4, 0.5) is 0 Å². The molecular formula is C28H53NO3Si2. The van der Waals surface area contributed by atoms with Crippen LogP contribution < -0.4 is 0 Å². The zero-order valence-electron chi connectivity index (χ0n) is 23.9. The van der Waals surface area contributed by atoms with E-state index in [-0.39, 0.29) is 11.0 Å². The molecule has 0 saturated heterocycles. The maximum absolute atomic E-state index is 7.16. The lowest BCUT2D eigenvalue weighted by Crippen LogP contribution is -2.61. The molecule has 4 aliphatic carbocycles. The molecule has 0 unspecified atom stereocenters. The van der Waals surface area contributed by atoms with Gasteiger partial charge in [0.2, 0.25) is 0 Å². The van der Waals surface area contributed by atoms with E-state index in [2.05, 4.69) is 65.2 Å². The Bertz CT molecular complexity index is 790. The molecule has 196 valence electrons. The maximum Gasteiger partial charge on any atom is 0.185 e. The van der Waals surface area contributed by atoms with E-state index < -0.39 is 16.6 Å². The third-order valence-corrected chi connectivity index (χ3v) is 12.6. The molecule has 8 atom stereocenters. The second-order valence-electron chi connectivity index (χ2n) is 14.7. The fraction of sp³-hybridized carbons (Fsp3) is 0.964. The van der Waals surface area contributed by atoms with Crippen LogP contribution in [0.2, 0.25) is 39.3 Å². The molecule has 34 heavy (non-hydrogen) atoms. The number of oxime groups is 1. The van der Waals surface area contributed by atoms with E-state index in [1.807, 2.05) is 0 Å². The van der Waals surface area contributed by atoms with Gasteiger partial charge in [0.1, 0.15) is 12.7 Å². The Morgan fingerprint density at radius 2 is 1.50 bits per heavy atom. The van der Waals surface area contributed by atoms with E-state index in [1.54, 1.807) is 7.11 Å². The molecule has 4 rings (SSSR count). The van der Waals surface area contributed by atoms with Crippen molar-refractivity contribution in [1.29, 1.82) is 0 Å². The summed E-state index contributed by atoms with van der Waals surface area (Å²) in [7, 11) is -1.56. The van der Waals surface area contributed by atoms with Crippen molar-refractivity contribution in [2.45, 2.75) is 130 Å². The Balaban J connectivity index is 1.60. The fourth-order valence-corrected chi connectivity index (χ4v) is 12.1. The standard InChI is InChI=1S/C28H53NO3Si2/c1-20(29-30-4)28(32-34(8,9)10)18-15-25-23-12-11-21-19-22(31-33(5,6)7)13-16-26(21,2)24(23)14-17-27(25,28)3/h21-25H,11-19H2,1-10H3/b29-20-/t21-,22+,23+,24-,25-,26-,27-,28-/m0/s1. The summed E-state index contributed by atoms with van der Waals surface area (Å²) in [5, 5.41) is 4.52. The molecule has 0 bridgehead atoms. The Hall–Kier alpha value is -0.176. The molecule has 0 spiro atoms. The van der Waals surface area contributed by atoms with Crippen molar-refractivity contribution in [3.8, 4) is 0 Å². The van der Waals surface area contributed by atoms with Crippen molar-refractivity contribution in [2.75, 3.05) is 7.11 Å². The molecule has 4 fully saturated rings. The summed E-state index contributed by atoms with van der Waals surface area (Å²) < 4.78 is 13.8. The number of rotatable bonds is 6. The van der Waals surface area contributed by atoms with Crippen molar-refractivity contribution in [2.24, 2.45) is 39.7 Å². The first kappa shape index (κ1) is 26.9. The van der Waals surface area contributed by atoms with Gasteiger partial charge >= 0.3 is 0 Å². The Labute approximate surface area is 212 Å². The summed E-state index contributed by atoms with van der Waals surface area (Å²) in [6.07, 6.45) is 12.2. The molecule has 4 saturated carbocycles. The van der Waals surface area contributed by atoms with Crippen molar-refractivity contribution in [3.05, 3.63) is 0 Å². The Morgan fingerprint density at radius 3 is 2.12 bits per heavy atom. The minimum absolute atomic E-state index is 0.155. The van der Waals surface area contributed by atoms with Crippen molar-refractivity contribution >= 4 is 22.3 Å². The molecule has 0 N–H and O–H groups in total. The van der Waals surface area contributed by atoms with Crippen LogP contribution >= 0.6 is 0 Å². The minimum Gasteiger partial charge on any atom is -0.415 e. The average molecular weight is 508 g/mol. The average Bonchev–Trinajstić information content (AvgIpc) is 2.99. The fourth-order valence-electron chi connectivity index (χ4n) is 9.39. The molecule has 0 aliphatic heterocycles. The van der Waals surface area contributed by atoms with Gasteiger partial charge in [0.05, 0.1) is 5.71 Å². The maximum atomic E-state index is 7.16. The third-order valence-electron chi connectivity index (χ3n) is 10.6. The van der Waals surface area contributed by atoms with Gasteiger partial charge in [-0.2, -0.15) is 0 Å². The number of nitrogens with zero attached hydrogens (tertiary/aromatic N) is 1. The second-order valence-corrected chi connectivity index (χ2v) is 23.6. The number of hydrogen-bond donors (Lipinski definition) is 0. The van der Waals surface area contributed by atoms with Crippen LogP contribution in [0, 0.1) is 34.5 Å². The van der Waals surface area contributed by atoms with Gasteiger partial charge in [-0.15, -0.1) is 0 Å². The molecule has 0 radical (unpaired) electrons. The van der Waals surface area contributed by atoms with E-state index in [4.69, 9.17) is 13.7 Å². The Morgan fingerprint density at radius 1 is 0.824 bits per heavy atom. The summed E-state index contributed by atoms with van der Waals surface area (Å²) in [6, 6.07) is 0. The highest BCUT2D eigenvalue weighted by Crippen LogP contribution is 2.69. The topological polar surface area (TPSA) is 40.0 Å². The largest absolute Gasteiger partial charge is 0.415 e. The third kappa shape index (κ3) is 4.52. The van der Waals surface area contributed by atoms with Gasteiger partial charge in [0.15, 0.2) is 16.6 Å². The van der Waals surface area contributed by atoms with Gasteiger partial charge in [-0.05, 0) is 133 Å². The van der Waals surface area contributed by atoms with E-state index in [9.17, 15) is 0 Å². The van der Waals surface area contributed by atoms with Crippen LogP contribution in [0.3, 0.4) is 0 Å². The zero-order chi connectivity index (χ0) is 25.2. The molecule has 0 aromatic rings. The zero-order valence-corrected chi connectivity index (χ0v) is 25.9. The number of fused-ring (bicyclic) bond motifs is 5. The summed E-state index contributed by atoms with van der Waals surface area (Å²) in [4.78, 5) is 5.33. The van der Waals surface area contributed by atoms with Crippen LogP contribution in [-0.4, -0.2) is 41.2 Å². The summed E-state index contributed by atoms with van der Waals surface area (Å²) in [6.45, 7) is 21.5. The second kappa shape index (κ2) is 8.99. The van der Waals surface area contributed by atoms with E-state index in [0.717, 1.165) is 35.8 Å². The molecule has 0 aromatic carbocycles. The van der Waals surface area contributed by atoms with Crippen LogP contribution in [0.15, 0.2) is 5.16 Å². The highest BCUT2D eigenvalue weighted by molar-refractivity contribution is 6.70. The lowest BCUT2D eigenvalue weighted by molar-refractivity contribution is -0.139. The van der Waals surface area contributed by atoms with E-state index in [1.165, 1.54) is 51.4 Å². The van der Waals surface area contributed by atoms with Crippen molar-refractivity contribution in [3.63, 3.8) is 0 Å². The van der Waals surface area contributed by atoms with Gasteiger partial charge in [-0.1, -0.05) is 19.0 Å². The normalized spacial score (nSPS) is 45.4. The molecule has 4 nitrogen and oxygen atoms in total. The minimum atomic E-state index is -1.77. The summed E-state index contributed by atoms with van der Waals surface area (Å²) in [5.41, 5.74) is 1.46. The van der Waals surface area contributed by atoms with Crippen LogP contribution in [0.25, 0.3) is 0 Å². The van der Waals surface area contributed by atoms with E-state index >= 15 is 0 Å². The molecule has 0 aromatic heterocycles. The van der Waals surface area contributed by atoms with Crippen LogP contribution in [-0.2, 0) is 13.7 Å². The van der Waals surface area contributed by atoms with Crippen LogP contribution in [0.5, 0.6) is 0 Å². The first-order valence-corrected chi connectivity index (χ1v) is 20.9. The molecule has 0 heterocycles. The SMILES string of the molecule is CO/N=C(/C)[C@@]1(O[Si](C)(C)C)CC[C@H]2[C@@H]3CC[C@H]4C[C@H](O[Si](C)(C)C)CC[C@]4(C)[C@H]3CC[C@@]21C. The van der Waals surface area contributed by atoms with Crippen LogP contribution in [0.1, 0.15) is 78.6 Å². The van der Waals surface area contributed by atoms with Gasteiger partial charge < -0.3 is 13.7 Å². The lowest BCUT2D eigenvalue weighted by Gasteiger charge is -2.62. The first-order chi connectivity index (χ1) is 15.7. The molecular weight excluding hydrogens is 454 g/mol. The summed E-state index contributed by atoms with van der Waals surface area (Å²) in [5.74, 6) is 3.27. The predicted octanol–water partition coefficient (Wildman–Crippen LogP) is 7.86. The predicted molar refractivity (Wildman–Crippen MR) is 147 cm³/mol. The monoisotopic (exact) mass is 507 g/mol. The van der Waals surface area contributed by atoms with Gasteiger partial charge in [-0.25, -0.2) is 0 Å². The van der Waals surface area contributed by atoms with Crippen molar-refractivity contribution < 1.29 is 13.7 Å². The molecule has 4 aliphatic rings. The lowest BCUT2D eigenvalue weighted by atomic mass is 9.44. The van der Waals surface area contributed by atoms with Crippen molar-refractivity contribution in [1.82, 2.24) is 0 Å². The van der Waals surface area contributed by atoms with Gasteiger partial charge in [-0.3, -0.25) is 0 Å². The summed E-state index contributed by atoms with van der Waals surface area (Å²) >= 11 is 0. The van der Waals surface area contributed by atoms with E-state index in [0.29, 0.717) is 11.5 Å². The van der Waals surface area contributed by atoms with Gasteiger partial charge in [0, 0.05) is 11.5 Å². The van der Waals surface area contributed by atoms with Gasteiger partial charge in [0.25, 0.3) is 0 Å². The number of hydrogen-bond acceptors (Lipinski definition) is 4. The first-order valence-electron chi connectivity index (χ1n) is 14.1.